The van der Waals surface area contributed by atoms with Crippen LogP contribution in [0.2, 0.25) is 0 Å². The summed E-state index contributed by atoms with van der Waals surface area (Å²) in [5.74, 6) is 0.0665. The molecule has 4 fully saturated rings. The predicted molar refractivity (Wildman–Crippen MR) is 88.9 cm³/mol. The van der Waals surface area contributed by atoms with E-state index in [-0.39, 0.29) is 30.0 Å². The van der Waals surface area contributed by atoms with Gasteiger partial charge in [0.1, 0.15) is 18.2 Å². The van der Waals surface area contributed by atoms with Crippen LogP contribution >= 0.6 is 0 Å². The van der Waals surface area contributed by atoms with Crippen molar-refractivity contribution in [3.63, 3.8) is 0 Å². The quantitative estimate of drug-likeness (QED) is 0.784. The first kappa shape index (κ1) is 18.3. The van der Waals surface area contributed by atoms with E-state index in [1.165, 1.54) is 6.07 Å². The van der Waals surface area contributed by atoms with Crippen LogP contribution in [0.4, 0.5) is 22.8 Å². The van der Waals surface area contributed by atoms with Crippen molar-refractivity contribution in [2.75, 3.05) is 32.8 Å². The van der Waals surface area contributed by atoms with E-state index in [4.69, 9.17) is 9.47 Å². The number of alkyl halides is 3. The van der Waals surface area contributed by atoms with Crippen molar-refractivity contribution in [2.24, 2.45) is 5.41 Å². The molecule has 0 unspecified atom stereocenters. The number of likely N-dealkylation sites (tertiary alicyclic amines) is 2. The topological polar surface area (TPSA) is 96.9 Å². The molecule has 2 spiro atoms. The number of urea groups is 1. The lowest BCUT2D eigenvalue weighted by molar-refractivity contribution is -0.142. The second-order valence-electron chi connectivity index (χ2n) is 8.38. The van der Waals surface area contributed by atoms with Gasteiger partial charge in [0, 0.05) is 24.6 Å². The number of aromatic nitrogens is 2. The largest absolute Gasteiger partial charge is 0.473 e. The van der Waals surface area contributed by atoms with Gasteiger partial charge in [0.25, 0.3) is 0 Å². The number of carbonyl (C=O) groups is 2. The molecule has 3 amide bonds. The van der Waals surface area contributed by atoms with Crippen molar-refractivity contribution in [2.45, 2.75) is 30.7 Å². The fraction of sp³-hybridized carbons (Fsp3) is 0.647. The Balaban J connectivity index is 1.06. The minimum absolute atomic E-state index is 0.00685. The van der Waals surface area contributed by atoms with Gasteiger partial charge in [0.05, 0.1) is 13.1 Å². The number of nitrogens with zero attached hydrogens (tertiary/aromatic N) is 4. The number of cyclic esters (lactones) is 1. The number of nitrogens with one attached hydrogen (secondary N) is 1. The Bertz CT molecular complexity index is 842. The molecule has 9 nitrogen and oxygen atoms in total. The van der Waals surface area contributed by atoms with Crippen molar-refractivity contribution >= 4 is 12.1 Å². The molecule has 1 aromatic heterocycles. The third-order valence-corrected chi connectivity index (χ3v) is 5.97. The van der Waals surface area contributed by atoms with E-state index in [2.05, 4.69) is 15.5 Å². The van der Waals surface area contributed by atoms with E-state index in [0.717, 1.165) is 6.07 Å². The molecule has 0 aromatic carbocycles. The summed E-state index contributed by atoms with van der Waals surface area (Å²) in [5.41, 5.74) is -1.49. The van der Waals surface area contributed by atoms with Crippen LogP contribution in [0, 0.1) is 5.41 Å². The Hall–Kier alpha value is -2.79. The number of ether oxygens (including phenoxy) is 2. The van der Waals surface area contributed by atoms with Crippen molar-refractivity contribution in [1.82, 2.24) is 25.3 Å². The molecule has 4 heterocycles. The van der Waals surface area contributed by atoms with Gasteiger partial charge in [0.2, 0.25) is 5.88 Å². The molecule has 156 valence electrons. The molecule has 29 heavy (non-hydrogen) atoms. The summed E-state index contributed by atoms with van der Waals surface area (Å²) in [5, 5.41) is 9.37. The van der Waals surface area contributed by atoms with Gasteiger partial charge in [-0.05, 0) is 18.9 Å². The number of rotatable bonds is 2. The van der Waals surface area contributed by atoms with Gasteiger partial charge in [-0.3, -0.25) is 0 Å². The molecular formula is C17H18F3N5O4. The summed E-state index contributed by atoms with van der Waals surface area (Å²) in [6.45, 7) is 2.41. The van der Waals surface area contributed by atoms with E-state index in [0.29, 0.717) is 39.0 Å². The Morgan fingerprint density at radius 3 is 2.41 bits per heavy atom. The number of hydrogen-bond donors (Lipinski definition) is 1. The van der Waals surface area contributed by atoms with Crippen LogP contribution in [0.3, 0.4) is 0 Å². The zero-order valence-corrected chi connectivity index (χ0v) is 15.2. The van der Waals surface area contributed by atoms with Crippen molar-refractivity contribution in [1.29, 1.82) is 0 Å². The van der Waals surface area contributed by atoms with Crippen LogP contribution in [0.5, 0.6) is 5.88 Å². The minimum atomic E-state index is -4.53. The Kier molecular flexibility index (Phi) is 3.69. The number of amides is 3. The van der Waals surface area contributed by atoms with E-state index in [1.807, 2.05) is 0 Å². The summed E-state index contributed by atoms with van der Waals surface area (Å²) < 4.78 is 48.0. The van der Waals surface area contributed by atoms with Crippen LogP contribution in [0.1, 0.15) is 18.5 Å². The number of carbonyl (C=O) groups excluding carboxylic acids is 2. The highest BCUT2D eigenvalue weighted by atomic mass is 19.4. The van der Waals surface area contributed by atoms with E-state index >= 15 is 0 Å². The molecule has 3 saturated heterocycles. The molecule has 0 bridgehead atoms. The summed E-state index contributed by atoms with van der Waals surface area (Å²) >= 11 is 0. The van der Waals surface area contributed by atoms with Crippen LogP contribution in [-0.4, -0.2) is 76.6 Å². The maximum Gasteiger partial charge on any atom is 0.435 e. The zero-order chi connectivity index (χ0) is 20.4. The molecule has 0 atom stereocenters. The Morgan fingerprint density at radius 1 is 1.17 bits per heavy atom. The summed E-state index contributed by atoms with van der Waals surface area (Å²) in [6.07, 6.45) is -3.68. The smallest absolute Gasteiger partial charge is 0.435 e. The highest BCUT2D eigenvalue weighted by molar-refractivity contribution is 5.78. The average Bonchev–Trinajstić information content (AvgIpc) is 2.96. The van der Waals surface area contributed by atoms with Gasteiger partial charge in [-0.2, -0.15) is 13.2 Å². The van der Waals surface area contributed by atoms with Gasteiger partial charge in [-0.15, -0.1) is 10.2 Å². The number of hydrogen-bond acceptors (Lipinski definition) is 6. The highest BCUT2D eigenvalue weighted by Gasteiger charge is 2.58. The van der Waals surface area contributed by atoms with E-state index in [1.54, 1.807) is 9.80 Å². The molecule has 3 aliphatic heterocycles. The van der Waals surface area contributed by atoms with Gasteiger partial charge in [0.15, 0.2) is 5.69 Å². The molecule has 1 N–H and O–H groups in total. The molecule has 1 saturated carbocycles. The fourth-order valence-corrected chi connectivity index (χ4v) is 4.53. The third-order valence-electron chi connectivity index (χ3n) is 5.97. The molecule has 1 aliphatic carbocycles. The van der Waals surface area contributed by atoms with Gasteiger partial charge >= 0.3 is 18.3 Å². The van der Waals surface area contributed by atoms with Gasteiger partial charge < -0.3 is 24.6 Å². The van der Waals surface area contributed by atoms with Crippen LogP contribution < -0.4 is 10.1 Å². The SMILES string of the molecule is O=C1NC2(CO1)CN(C(=O)N1CC3(CC(Oc4ccc(C(F)(F)F)nn4)C3)C1)C2. The first-order chi connectivity index (χ1) is 13.7. The molecular weight excluding hydrogens is 395 g/mol. The monoisotopic (exact) mass is 413 g/mol. The molecule has 0 radical (unpaired) electrons. The standard InChI is InChI=1S/C17H18F3N5O4/c18-17(19,20)11-1-2-12(23-22-11)29-10-3-15(4-10)5-24(6-15)14(27)25-7-16(8-25)9-28-13(26)21-16/h1-2,10H,3-9H2,(H,21,26). The molecule has 5 rings (SSSR count). The third kappa shape index (κ3) is 3.10. The maximum atomic E-state index is 12.5. The fourth-order valence-electron chi connectivity index (χ4n) is 4.53. The maximum absolute atomic E-state index is 12.5. The van der Waals surface area contributed by atoms with Crippen LogP contribution in [-0.2, 0) is 10.9 Å². The first-order valence-corrected chi connectivity index (χ1v) is 9.22. The molecule has 4 aliphatic rings. The van der Waals surface area contributed by atoms with E-state index < -0.39 is 23.5 Å². The minimum Gasteiger partial charge on any atom is -0.473 e. The number of alkyl carbamates (subject to hydrolysis) is 1. The molecule has 12 heteroatoms. The average molecular weight is 413 g/mol. The van der Waals surface area contributed by atoms with Crippen molar-refractivity contribution < 1.29 is 32.2 Å². The Labute approximate surface area is 163 Å². The van der Waals surface area contributed by atoms with Crippen molar-refractivity contribution in [3.05, 3.63) is 17.8 Å². The van der Waals surface area contributed by atoms with Gasteiger partial charge in [-0.25, -0.2) is 9.59 Å². The lowest BCUT2D eigenvalue weighted by Gasteiger charge is -2.60. The lowest BCUT2D eigenvalue weighted by atomic mass is 9.62. The van der Waals surface area contributed by atoms with Crippen molar-refractivity contribution in [3.8, 4) is 5.88 Å². The van der Waals surface area contributed by atoms with Crippen LogP contribution in [0.15, 0.2) is 12.1 Å². The first-order valence-electron chi connectivity index (χ1n) is 9.22. The Morgan fingerprint density at radius 2 is 1.86 bits per heavy atom. The zero-order valence-electron chi connectivity index (χ0n) is 15.2. The second kappa shape index (κ2) is 5.86. The summed E-state index contributed by atoms with van der Waals surface area (Å²) in [6, 6.07) is 1.96. The highest BCUT2D eigenvalue weighted by Crippen LogP contribution is 2.50. The van der Waals surface area contributed by atoms with E-state index in [9.17, 15) is 22.8 Å². The normalized spacial score (nSPS) is 24.4. The van der Waals surface area contributed by atoms with Gasteiger partial charge in [-0.1, -0.05) is 0 Å². The predicted octanol–water partition coefficient (Wildman–Crippen LogP) is 1.25. The van der Waals surface area contributed by atoms with Crippen LogP contribution in [0.25, 0.3) is 0 Å². The second-order valence-corrected chi connectivity index (χ2v) is 8.38. The number of halogens is 3. The summed E-state index contributed by atoms with van der Waals surface area (Å²) in [4.78, 5) is 27.1. The summed E-state index contributed by atoms with van der Waals surface area (Å²) in [7, 11) is 0. The molecule has 1 aromatic rings. The lowest BCUT2D eigenvalue weighted by Crippen LogP contribution is -2.74.